The van der Waals surface area contributed by atoms with Crippen LogP contribution >= 0.6 is 0 Å². The smallest absolute Gasteiger partial charge is 0.407 e. The first-order chi connectivity index (χ1) is 26.3. The Morgan fingerprint density at radius 2 is 1.65 bits per heavy atom. The van der Waals surface area contributed by atoms with Gasteiger partial charge < -0.3 is 40.3 Å². The number of amides is 4. The number of pyridine rings is 1. The fourth-order valence-electron chi connectivity index (χ4n) is 7.22. The summed E-state index contributed by atoms with van der Waals surface area (Å²) in [5.74, 6) is 1.38. The van der Waals surface area contributed by atoms with E-state index in [1.807, 2.05) is 17.2 Å². The molecule has 3 aromatic heterocycles. The number of imidazole rings is 2. The fourth-order valence-corrected chi connectivity index (χ4v) is 7.22. The second-order valence-electron chi connectivity index (χ2n) is 13.9. The molecule has 0 spiro atoms. The molecule has 7 rings (SSSR count). The van der Waals surface area contributed by atoms with E-state index >= 15 is 0 Å². The molecule has 54 heavy (non-hydrogen) atoms. The quantitative estimate of drug-likeness (QED) is 0.102. The summed E-state index contributed by atoms with van der Waals surface area (Å²) in [6.07, 6.45) is 9.29. The van der Waals surface area contributed by atoms with Crippen LogP contribution in [0.2, 0.25) is 0 Å². The van der Waals surface area contributed by atoms with E-state index in [-0.39, 0.29) is 30.3 Å². The van der Waals surface area contributed by atoms with Crippen molar-refractivity contribution in [1.29, 1.82) is 0 Å². The molecule has 1 saturated carbocycles. The summed E-state index contributed by atoms with van der Waals surface area (Å²) < 4.78 is 9.28. The van der Waals surface area contributed by atoms with Gasteiger partial charge in [-0.15, -0.1) is 0 Å². The van der Waals surface area contributed by atoms with E-state index in [2.05, 4.69) is 72.0 Å². The average molecular weight is 736 g/mol. The Hall–Kier alpha value is -5.99. The lowest BCUT2D eigenvalue weighted by atomic mass is 9.79. The van der Waals surface area contributed by atoms with Gasteiger partial charge in [-0.3, -0.25) is 14.6 Å². The van der Waals surface area contributed by atoms with Crippen LogP contribution in [0.4, 0.5) is 9.59 Å². The molecule has 2 unspecified atom stereocenters. The zero-order chi connectivity index (χ0) is 37.6. The number of benzene rings is 2. The first-order valence-electron chi connectivity index (χ1n) is 18.5. The van der Waals surface area contributed by atoms with Crippen LogP contribution in [0.1, 0.15) is 62.6 Å². The summed E-state index contributed by atoms with van der Waals surface area (Å²) in [4.78, 5) is 71.7. The highest BCUT2D eigenvalue weighted by Gasteiger charge is 2.41. The number of rotatable bonds is 13. The minimum atomic E-state index is -0.638. The molecule has 2 atom stereocenters. The van der Waals surface area contributed by atoms with Crippen molar-refractivity contribution in [2.24, 2.45) is 5.92 Å². The Morgan fingerprint density at radius 1 is 0.870 bits per heavy atom. The van der Waals surface area contributed by atoms with Gasteiger partial charge in [-0.25, -0.2) is 19.6 Å². The number of hydrogen-bond donors (Lipinski definition) is 5. The van der Waals surface area contributed by atoms with Crippen LogP contribution in [-0.2, 0) is 25.5 Å². The SMILES string of the molecule is COC(=O)NCC(=O)NCCCCc1ncc(-c2ccc3cc(-c4cc5nc(C6CCCN6C(=O)C(NC(=O)OC)C6CCC6)[nH]c5cn4)ccc3c2)[nH]1. The van der Waals surface area contributed by atoms with Crippen molar-refractivity contribution in [2.75, 3.05) is 33.9 Å². The van der Waals surface area contributed by atoms with E-state index in [9.17, 15) is 19.2 Å². The monoisotopic (exact) mass is 735 g/mol. The molecule has 15 heteroatoms. The molecule has 5 N–H and O–H groups in total. The van der Waals surface area contributed by atoms with E-state index in [4.69, 9.17) is 14.7 Å². The molecule has 4 heterocycles. The lowest BCUT2D eigenvalue weighted by molar-refractivity contribution is -0.136. The standard InChI is InChI=1S/C39H45N9O6/c1-53-38(51)43-22-34(49)40-15-4-3-10-33-42-20-30(44-33)27-14-12-24-17-26(13-11-25(24)18-27)28-19-29-31(21-41-28)46-36(45-29)32-9-6-16-48(32)37(50)35(23-7-5-8-23)47-39(52)54-2/h11-14,17-21,23,32,35H,3-10,15-16,22H2,1-2H3,(H,40,49)(H,42,44)(H,43,51)(H,45,46)(H,47,52). The van der Waals surface area contributed by atoms with Gasteiger partial charge >= 0.3 is 12.2 Å². The first-order valence-corrected chi connectivity index (χ1v) is 18.5. The number of aryl methyl sites for hydroxylation is 1. The van der Waals surface area contributed by atoms with Gasteiger partial charge in [-0.05, 0) is 73.4 Å². The van der Waals surface area contributed by atoms with E-state index in [1.165, 1.54) is 14.2 Å². The van der Waals surface area contributed by atoms with Crippen molar-refractivity contribution < 1.29 is 28.7 Å². The van der Waals surface area contributed by atoms with Crippen LogP contribution in [-0.4, -0.2) is 93.7 Å². The summed E-state index contributed by atoms with van der Waals surface area (Å²) in [6, 6.07) is 13.7. The molecule has 2 fully saturated rings. The van der Waals surface area contributed by atoms with Crippen LogP contribution in [0.5, 0.6) is 0 Å². The third-order valence-electron chi connectivity index (χ3n) is 10.4. The highest BCUT2D eigenvalue weighted by Crippen LogP contribution is 2.36. The maximum absolute atomic E-state index is 13.8. The summed E-state index contributed by atoms with van der Waals surface area (Å²) >= 11 is 0. The van der Waals surface area contributed by atoms with Gasteiger partial charge in [0.1, 0.15) is 17.7 Å². The van der Waals surface area contributed by atoms with Crippen LogP contribution in [0.3, 0.4) is 0 Å². The van der Waals surface area contributed by atoms with Gasteiger partial charge in [-0.2, -0.15) is 0 Å². The van der Waals surface area contributed by atoms with Gasteiger partial charge in [0.25, 0.3) is 0 Å². The molecule has 1 saturated heterocycles. The third-order valence-corrected chi connectivity index (χ3v) is 10.4. The fraction of sp³-hybridized carbons (Fsp3) is 0.410. The lowest BCUT2D eigenvalue weighted by Crippen LogP contribution is -2.53. The molecule has 1 aliphatic carbocycles. The number of unbranched alkanes of at least 4 members (excludes halogenated alkanes) is 1. The second-order valence-corrected chi connectivity index (χ2v) is 13.9. The van der Waals surface area contributed by atoms with Crippen molar-refractivity contribution in [1.82, 2.24) is 45.8 Å². The van der Waals surface area contributed by atoms with Gasteiger partial charge in [0.05, 0.1) is 61.6 Å². The second kappa shape index (κ2) is 16.4. The van der Waals surface area contributed by atoms with Crippen molar-refractivity contribution in [2.45, 2.75) is 63.5 Å². The van der Waals surface area contributed by atoms with Crippen molar-refractivity contribution in [3.63, 3.8) is 0 Å². The number of alkyl carbamates (subject to hydrolysis) is 2. The molecule has 5 aromatic rings. The van der Waals surface area contributed by atoms with E-state index in [0.717, 1.165) is 107 Å². The average Bonchev–Trinajstić information content (AvgIpc) is 3.95. The van der Waals surface area contributed by atoms with Crippen LogP contribution in [0, 0.1) is 5.92 Å². The topological polar surface area (TPSA) is 196 Å². The molecule has 0 radical (unpaired) electrons. The van der Waals surface area contributed by atoms with Gasteiger partial charge in [-0.1, -0.05) is 30.7 Å². The Bertz CT molecular complexity index is 2160. The molecule has 4 amide bonds. The molecule has 2 aliphatic rings. The highest BCUT2D eigenvalue weighted by atomic mass is 16.5. The minimum Gasteiger partial charge on any atom is -0.453 e. The number of aromatic nitrogens is 5. The van der Waals surface area contributed by atoms with E-state index in [1.54, 1.807) is 6.20 Å². The van der Waals surface area contributed by atoms with Crippen LogP contribution in [0.25, 0.3) is 44.3 Å². The van der Waals surface area contributed by atoms with E-state index < -0.39 is 18.2 Å². The predicted molar refractivity (Wildman–Crippen MR) is 201 cm³/mol. The number of ether oxygens (including phenoxy) is 2. The number of methoxy groups -OCH3 is 2. The number of H-pyrrole nitrogens is 2. The Kier molecular flexibility index (Phi) is 11.0. The molecule has 1 aliphatic heterocycles. The number of carbonyl (C=O) groups excluding carboxylic acids is 4. The molecule has 0 bridgehead atoms. The Balaban J connectivity index is 0.981. The maximum atomic E-state index is 13.8. The zero-order valence-electron chi connectivity index (χ0n) is 30.4. The number of carbonyl (C=O) groups is 4. The number of nitrogens with zero attached hydrogens (tertiary/aromatic N) is 4. The lowest BCUT2D eigenvalue weighted by Gasteiger charge is -2.36. The number of fused-ring (bicyclic) bond motifs is 2. The highest BCUT2D eigenvalue weighted by molar-refractivity contribution is 5.91. The first kappa shape index (κ1) is 36.4. The minimum absolute atomic E-state index is 0.0807. The summed E-state index contributed by atoms with van der Waals surface area (Å²) in [5.41, 5.74) is 5.31. The molecule has 282 valence electrons. The largest absolute Gasteiger partial charge is 0.453 e. The van der Waals surface area contributed by atoms with Crippen LogP contribution < -0.4 is 16.0 Å². The summed E-state index contributed by atoms with van der Waals surface area (Å²) in [7, 11) is 2.56. The van der Waals surface area contributed by atoms with Gasteiger partial charge in [0.2, 0.25) is 11.8 Å². The summed E-state index contributed by atoms with van der Waals surface area (Å²) in [5, 5.41) is 10.1. The zero-order valence-corrected chi connectivity index (χ0v) is 30.4. The molecular weight excluding hydrogens is 690 g/mol. The summed E-state index contributed by atoms with van der Waals surface area (Å²) in [6.45, 7) is 1.00. The molecule has 15 nitrogen and oxygen atoms in total. The predicted octanol–water partition coefficient (Wildman–Crippen LogP) is 5.15. The van der Waals surface area contributed by atoms with Crippen molar-refractivity contribution in [3.8, 4) is 22.5 Å². The Labute approximate surface area is 312 Å². The molecular formula is C39H45N9O6. The number of aromatic amines is 2. The van der Waals surface area contributed by atoms with Crippen LogP contribution in [0.15, 0.2) is 54.9 Å². The third kappa shape index (κ3) is 8.14. The van der Waals surface area contributed by atoms with Gasteiger partial charge in [0.15, 0.2) is 0 Å². The Morgan fingerprint density at radius 3 is 2.41 bits per heavy atom. The normalized spacial score (nSPS) is 16.2. The van der Waals surface area contributed by atoms with Crippen molar-refractivity contribution in [3.05, 3.63) is 66.5 Å². The van der Waals surface area contributed by atoms with E-state index in [0.29, 0.717) is 13.1 Å². The number of likely N-dealkylation sites (tertiary alicyclic amines) is 1. The van der Waals surface area contributed by atoms with Crippen molar-refractivity contribution >= 4 is 45.8 Å². The number of nitrogens with one attached hydrogen (secondary N) is 5. The van der Waals surface area contributed by atoms with Gasteiger partial charge in [0, 0.05) is 30.6 Å². The number of hydrogen-bond acceptors (Lipinski definition) is 9. The molecule has 2 aromatic carbocycles. The maximum Gasteiger partial charge on any atom is 0.407 e.